The number of ether oxygens (including phenoxy) is 3. The van der Waals surface area contributed by atoms with Gasteiger partial charge in [0.25, 0.3) is 10.0 Å². The number of esters is 1. The summed E-state index contributed by atoms with van der Waals surface area (Å²) in [5.74, 6) is -0.651. The SMILES string of the molecule is CCOC(=O)CN(c1cccc(F)c1)S(=O)(=O)c1ccc2c(c1)OCCO2. The van der Waals surface area contributed by atoms with Gasteiger partial charge in [0, 0.05) is 6.07 Å². The standard InChI is InChI=1S/C18H18FNO6S/c1-2-24-18(21)12-20(14-5-3-4-13(19)10-14)27(22,23)15-6-7-16-17(11-15)26-9-8-25-16/h3-7,10-11H,2,8-9,12H2,1H3. The van der Waals surface area contributed by atoms with Gasteiger partial charge in [0.2, 0.25) is 0 Å². The van der Waals surface area contributed by atoms with Crippen LogP contribution in [0.5, 0.6) is 11.5 Å². The first-order valence-corrected chi connectivity index (χ1v) is 9.69. The molecule has 0 aromatic heterocycles. The maximum Gasteiger partial charge on any atom is 0.326 e. The normalized spacial score (nSPS) is 13.1. The second kappa shape index (κ2) is 7.83. The summed E-state index contributed by atoms with van der Waals surface area (Å²) in [6.45, 7) is 1.79. The van der Waals surface area contributed by atoms with Gasteiger partial charge in [0.15, 0.2) is 11.5 Å². The number of rotatable bonds is 6. The van der Waals surface area contributed by atoms with Crippen LogP contribution in [0.1, 0.15) is 6.92 Å². The second-order valence-corrected chi connectivity index (χ2v) is 7.46. The van der Waals surface area contributed by atoms with E-state index in [2.05, 4.69) is 0 Å². The first-order chi connectivity index (χ1) is 12.9. The minimum Gasteiger partial charge on any atom is -0.486 e. The van der Waals surface area contributed by atoms with Crippen molar-refractivity contribution < 1.29 is 31.8 Å². The fourth-order valence-corrected chi connectivity index (χ4v) is 4.00. The Morgan fingerprint density at radius 3 is 2.59 bits per heavy atom. The van der Waals surface area contributed by atoms with Gasteiger partial charge in [-0.15, -0.1) is 0 Å². The zero-order valence-corrected chi connectivity index (χ0v) is 15.4. The molecule has 0 spiro atoms. The van der Waals surface area contributed by atoms with Crippen LogP contribution in [0.2, 0.25) is 0 Å². The van der Waals surface area contributed by atoms with Crippen molar-refractivity contribution in [2.45, 2.75) is 11.8 Å². The van der Waals surface area contributed by atoms with Crippen molar-refractivity contribution in [2.24, 2.45) is 0 Å². The Morgan fingerprint density at radius 2 is 1.89 bits per heavy atom. The molecule has 144 valence electrons. The lowest BCUT2D eigenvalue weighted by molar-refractivity contribution is -0.141. The molecule has 0 fully saturated rings. The minimum absolute atomic E-state index is 0.0120. The summed E-state index contributed by atoms with van der Waals surface area (Å²) >= 11 is 0. The van der Waals surface area contributed by atoms with Gasteiger partial charge in [-0.1, -0.05) is 6.07 Å². The van der Waals surface area contributed by atoms with Gasteiger partial charge in [-0.2, -0.15) is 0 Å². The number of anilines is 1. The molecule has 1 aliphatic heterocycles. The van der Waals surface area contributed by atoms with E-state index in [0.29, 0.717) is 19.0 Å². The Labute approximate surface area is 156 Å². The highest BCUT2D eigenvalue weighted by molar-refractivity contribution is 7.92. The number of hydrogen-bond donors (Lipinski definition) is 0. The molecule has 1 heterocycles. The van der Waals surface area contributed by atoms with Gasteiger partial charge < -0.3 is 14.2 Å². The smallest absolute Gasteiger partial charge is 0.326 e. The van der Waals surface area contributed by atoms with Crippen molar-refractivity contribution in [1.82, 2.24) is 0 Å². The summed E-state index contributed by atoms with van der Waals surface area (Å²) in [7, 11) is -4.19. The zero-order valence-electron chi connectivity index (χ0n) is 14.6. The molecule has 2 aromatic rings. The van der Waals surface area contributed by atoms with Crippen LogP contribution in [-0.4, -0.2) is 40.8 Å². The Bertz CT molecular complexity index is 947. The minimum atomic E-state index is -4.19. The number of carbonyl (C=O) groups excluding carboxylic acids is 1. The maximum absolute atomic E-state index is 13.7. The van der Waals surface area contributed by atoms with Crippen molar-refractivity contribution in [2.75, 3.05) is 30.7 Å². The van der Waals surface area contributed by atoms with Crippen LogP contribution in [0.15, 0.2) is 47.4 Å². The molecule has 0 N–H and O–H groups in total. The number of hydrogen-bond acceptors (Lipinski definition) is 6. The number of fused-ring (bicyclic) bond motifs is 1. The molecule has 27 heavy (non-hydrogen) atoms. The molecule has 3 rings (SSSR count). The summed E-state index contributed by atoms with van der Waals surface area (Å²) in [5, 5.41) is 0. The average Bonchev–Trinajstić information content (AvgIpc) is 2.66. The van der Waals surface area contributed by atoms with E-state index < -0.39 is 28.4 Å². The van der Waals surface area contributed by atoms with Crippen molar-refractivity contribution in [1.29, 1.82) is 0 Å². The second-order valence-electron chi connectivity index (χ2n) is 5.60. The molecule has 0 bridgehead atoms. The van der Waals surface area contributed by atoms with E-state index in [1.807, 2.05) is 0 Å². The Hall–Kier alpha value is -2.81. The van der Waals surface area contributed by atoms with Crippen LogP contribution >= 0.6 is 0 Å². The van der Waals surface area contributed by atoms with Crippen molar-refractivity contribution >= 4 is 21.7 Å². The van der Waals surface area contributed by atoms with E-state index in [9.17, 15) is 17.6 Å². The predicted molar refractivity (Wildman–Crippen MR) is 95.0 cm³/mol. The van der Waals surface area contributed by atoms with Crippen molar-refractivity contribution in [3.63, 3.8) is 0 Å². The van der Waals surface area contributed by atoms with E-state index in [1.165, 1.54) is 36.4 Å². The van der Waals surface area contributed by atoms with Crippen LogP contribution in [0.25, 0.3) is 0 Å². The summed E-state index contributed by atoms with van der Waals surface area (Å²) < 4.78 is 56.5. The number of sulfonamides is 1. The molecule has 2 aromatic carbocycles. The predicted octanol–water partition coefficient (Wildman–Crippen LogP) is 2.36. The Morgan fingerprint density at radius 1 is 1.15 bits per heavy atom. The van der Waals surface area contributed by atoms with Crippen LogP contribution in [-0.2, 0) is 19.6 Å². The molecule has 0 unspecified atom stereocenters. The first kappa shape index (κ1) is 19.0. The van der Waals surface area contributed by atoms with E-state index in [-0.39, 0.29) is 22.9 Å². The number of halogens is 1. The quantitative estimate of drug-likeness (QED) is 0.699. The topological polar surface area (TPSA) is 82.1 Å². The van der Waals surface area contributed by atoms with Crippen LogP contribution in [0, 0.1) is 5.82 Å². The van der Waals surface area contributed by atoms with E-state index in [1.54, 1.807) is 6.92 Å². The van der Waals surface area contributed by atoms with Crippen LogP contribution in [0.4, 0.5) is 10.1 Å². The molecule has 0 saturated carbocycles. The first-order valence-electron chi connectivity index (χ1n) is 8.25. The van der Waals surface area contributed by atoms with Gasteiger partial charge in [0.1, 0.15) is 25.6 Å². The highest BCUT2D eigenvalue weighted by Gasteiger charge is 2.29. The summed E-state index contributed by atoms with van der Waals surface area (Å²) in [4.78, 5) is 11.8. The molecule has 7 nitrogen and oxygen atoms in total. The van der Waals surface area contributed by atoms with Gasteiger partial charge in [-0.05, 0) is 37.3 Å². The lowest BCUT2D eigenvalue weighted by atomic mass is 10.3. The highest BCUT2D eigenvalue weighted by Crippen LogP contribution is 2.34. The van der Waals surface area contributed by atoms with E-state index in [0.717, 1.165) is 10.4 Å². The van der Waals surface area contributed by atoms with Gasteiger partial charge in [-0.25, -0.2) is 12.8 Å². The lowest BCUT2D eigenvalue weighted by Crippen LogP contribution is -2.36. The summed E-state index contributed by atoms with van der Waals surface area (Å²) in [6, 6.07) is 9.13. The molecule has 0 aliphatic carbocycles. The highest BCUT2D eigenvalue weighted by atomic mass is 32.2. The molecule has 9 heteroatoms. The Balaban J connectivity index is 2.02. The molecule has 0 radical (unpaired) electrons. The van der Waals surface area contributed by atoms with Gasteiger partial charge in [0.05, 0.1) is 17.2 Å². The van der Waals surface area contributed by atoms with Crippen LogP contribution < -0.4 is 13.8 Å². The Kier molecular flexibility index (Phi) is 5.50. The maximum atomic E-state index is 13.7. The molecule has 0 amide bonds. The largest absolute Gasteiger partial charge is 0.486 e. The fraction of sp³-hybridized carbons (Fsp3) is 0.278. The molecule has 0 atom stereocenters. The number of nitrogens with zero attached hydrogens (tertiary/aromatic N) is 1. The number of carbonyl (C=O) groups is 1. The fourth-order valence-electron chi connectivity index (χ4n) is 2.58. The van der Waals surface area contributed by atoms with E-state index >= 15 is 0 Å². The van der Waals surface area contributed by atoms with Crippen LogP contribution in [0.3, 0.4) is 0 Å². The molecular formula is C18H18FNO6S. The number of benzene rings is 2. The zero-order chi connectivity index (χ0) is 19.4. The average molecular weight is 395 g/mol. The van der Waals surface area contributed by atoms with Crippen molar-refractivity contribution in [3.8, 4) is 11.5 Å². The molecule has 0 saturated heterocycles. The lowest BCUT2D eigenvalue weighted by Gasteiger charge is -2.25. The third-order valence-corrected chi connectivity index (χ3v) is 5.55. The molecular weight excluding hydrogens is 377 g/mol. The monoisotopic (exact) mass is 395 g/mol. The third kappa shape index (κ3) is 4.13. The summed E-state index contributed by atoms with van der Waals surface area (Å²) in [6.07, 6.45) is 0. The van der Waals surface area contributed by atoms with E-state index in [4.69, 9.17) is 14.2 Å². The summed E-state index contributed by atoms with van der Waals surface area (Å²) in [5.41, 5.74) is 0.0120. The van der Waals surface area contributed by atoms with Gasteiger partial charge in [-0.3, -0.25) is 9.10 Å². The van der Waals surface area contributed by atoms with Crippen molar-refractivity contribution in [3.05, 3.63) is 48.3 Å². The molecule has 1 aliphatic rings. The van der Waals surface area contributed by atoms with Gasteiger partial charge >= 0.3 is 5.97 Å². The third-order valence-electron chi connectivity index (χ3n) is 3.78.